The van der Waals surface area contributed by atoms with Crippen molar-refractivity contribution in [2.75, 3.05) is 24.5 Å². The summed E-state index contributed by atoms with van der Waals surface area (Å²) >= 11 is 0. The van der Waals surface area contributed by atoms with Gasteiger partial charge in [-0.3, -0.25) is 9.98 Å². The van der Waals surface area contributed by atoms with Gasteiger partial charge in [-0.1, -0.05) is 12.1 Å². The first-order valence-corrected chi connectivity index (χ1v) is 9.63. The Morgan fingerprint density at radius 1 is 1.19 bits per heavy atom. The monoisotopic (exact) mass is 344 g/mol. The highest BCUT2D eigenvalue weighted by Crippen LogP contribution is 2.30. The number of nitrogens with one attached hydrogen (secondary N) is 1. The number of anilines is 1. The zero-order chi connectivity index (χ0) is 17.3. The summed E-state index contributed by atoms with van der Waals surface area (Å²) in [6.45, 7) is 3.16. The first-order valence-electron chi connectivity index (χ1n) is 9.63. The molecule has 4 heteroatoms. The summed E-state index contributed by atoms with van der Waals surface area (Å²) in [6, 6.07) is 14.4. The number of aliphatic imine (C=N–C) groups is 1. The van der Waals surface area contributed by atoms with Gasteiger partial charge in [-0.2, -0.15) is 0 Å². The summed E-state index contributed by atoms with van der Waals surface area (Å²) < 4.78 is 0. The smallest absolute Gasteiger partial charge is 0.0694 e. The fourth-order valence-corrected chi connectivity index (χ4v) is 4.47. The van der Waals surface area contributed by atoms with Crippen LogP contribution in [0, 0.1) is 0 Å². The van der Waals surface area contributed by atoms with Crippen LogP contribution in [0.3, 0.4) is 0 Å². The Labute approximate surface area is 154 Å². The first-order chi connectivity index (χ1) is 12.9. The Balaban J connectivity index is 1.45. The molecule has 0 spiro atoms. The fourth-order valence-electron chi connectivity index (χ4n) is 4.47. The summed E-state index contributed by atoms with van der Waals surface area (Å²) in [6.07, 6.45) is 9.54. The van der Waals surface area contributed by atoms with E-state index in [1.54, 1.807) is 0 Å². The second-order valence-corrected chi connectivity index (χ2v) is 7.49. The molecule has 2 fully saturated rings. The molecular formula is C22H24N4. The molecule has 0 saturated carbocycles. The molecular weight excluding hydrogens is 320 g/mol. The third-order valence-electron chi connectivity index (χ3n) is 5.71. The highest BCUT2D eigenvalue weighted by Gasteiger charge is 2.37. The summed E-state index contributed by atoms with van der Waals surface area (Å²) in [5.41, 5.74) is 6.18. The Hall–Kier alpha value is -2.46. The Bertz CT molecular complexity index is 855. The molecule has 4 heterocycles. The van der Waals surface area contributed by atoms with Gasteiger partial charge in [0.1, 0.15) is 0 Å². The van der Waals surface area contributed by atoms with Gasteiger partial charge in [0.15, 0.2) is 0 Å². The molecule has 2 saturated heterocycles. The van der Waals surface area contributed by atoms with Gasteiger partial charge in [-0.15, -0.1) is 0 Å². The highest BCUT2D eigenvalue weighted by molar-refractivity contribution is 6.15. The minimum absolute atomic E-state index is 0.658. The quantitative estimate of drug-likeness (QED) is 0.929. The SMILES string of the molecule is C(=C1/CCCN=C1c1cccnc1)/c1cccc(N2C[C@@H]3C[C@H]2CN3)c1. The van der Waals surface area contributed by atoms with Crippen LogP contribution in [0.5, 0.6) is 0 Å². The molecule has 1 aromatic heterocycles. The van der Waals surface area contributed by atoms with E-state index in [4.69, 9.17) is 4.99 Å². The summed E-state index contributed by atoms with van der Waals surface area (Å²) in [5, 5.41) is 3.58. The number of piperazine rings is 1. The number of aromatic nitrogens is 1. The molecule has 0 aliphatic carbocycles. The van der Waals surface area contributed by atoms with Crippen molar-refractivity contribution in [1.29, 1.82) is 0 Å². The Morgan fingerprint density at radius 2 is 2.19 bits per heavy atom. The molecule has 1 aromatic carbocycles. The van der Waals surface area contributed by atoms with Gasteiger partial charge < -0.3 is 10.2 Å². The van der Waals surface area contributed by atoms with Crippen LogP contribution in [-0.2, 0) is 0 Å². The van der Waals surface area contributed by atoms with E-state index in [-0.39, 0.29) is 0 Å². The number of allylic oxidation sites excluding steroid dienone is 1. The van der Waals surface area contributed by atoms with Gasteiger partial charge in [0.2, 0.25) is 0 Å². The topological polar surface area (TPSA) is 40.5 Å². The summed E-state index contributed by atoms with van der Waals surface area (Å²) in [5.74, 6) is 0. The van der Waals surface area contributed by atoms with Gasteiger partial charge in [0, 0.05) is 55.4 Å². The lowest BCUT2D eigenvalue weighted by atomic mass is 9.95. The fraction of sp³-hybridized carbons (Fsp3) is 0.364. The van der Waals surface area contributed by atoms with E-state index in [2.05, 4.69) is 51.6 Å². The average molecular weight is 344 g/mol. The molecule has 2 aromatic rings. The molecule has 132 valence electrons. The molecule has 0 unspecified atom stereocenters. The Kier molecular flexibility index (Phi) is 4.06. The predicted molar refractivity (Wildman–Crippen MR) is 107 cm³/mol. The first kappa shape index (κ1) is 15.8. The van der Waals surface area contributed by atoms with Gasteiger partial charge in [0.05, 0.1) is 5.71 Å². The van der Waals surface area contributed by atoms with Gasteiger partial charge in [-0.05, 0) is 60.7 Å². The minimum Gasteiger partial charge on any atom is -0.366 e. The third-order valence-corrected chi connectivity index (χ3v) is 5.71. The van der Waals surface area contributed by atoms with E-state index < -0.39 is 0 Å². The standard InChI is InChI=1S/C22H24N4/c1-4-16(11-20(7-1)26-15-19-12-21(26)14-25-19)10-17-5-3-9-24-22(17)18-6-2-8-23-13-18/h1-2,4,6-8,10-11,13,19,21,25H,3,5,9,12,14-15H2/b17-10+/t19-,21-/m0/s1. The van der Waals surface area contributed by atoms with E-state index >= 15 is 0 Å². The predicted octanol–water partition coefficient (Wildman–Crippen LogP) is 3.30. The molecule has 1 N–H and O–H groups in total. The number of hydrogen-bond acceptors (Lipinski definition) is 4. The zero-order valence-electron chi connectivity index (χ0n) is 14.9. The second kappa shape index (κ2) is 6.69. The third kappa shape index (κ3) is 2.95. The lowest BCUT2D eigenvalue weighted by Crippen LogP contribution is -2.43. The molecule has 4 nitrogen and oxygen atoms in total. The molecule has 0 amide bonds. The zero-order valence-corrected chi connectivity index (χ0v) is 14.9. The molecule has 3 aliphatic heterocycles. The van der Waals surface area contributed by atoms with Gasteiger partial charge in [0.25, 0.3) is 0 Å². The van der Waals surface area contributed by atoms with E-state index in [1.807, 2.05) is 18.5 Å². The minimum atomic E-state index is 0.658. The molecule has 2 atom stereocenters. The molecule has 26 heavy (non-hydrogen) atoms. The van der Waals surface area contributed by atoms with E-state index in [1.165, 1.54) is 23.2 Å². The number of fused-ring (bicyclic) bond motifs is 2. The molecule has 3 aliphatic rings. The maximum atomic E-state index is 4.80. The maximum absolute atomic E-state index is 4.80. The summed E-state index contributed by atoms with van der Waals surface area (Å²) in [7, 11) is 0. The largest absolute Gasteiger partial charge is 0.366 e. The van der Waals surface area contributed by atoms with Crippen LogP contribution in [0.2, 0.25) is 0 Å². The van der Waals surface area contributed by atoms with Crippen LogP contribution in [-0.4, -0.2) is 42.4 Å². The van der Waals surface area contributed by atoms with Crippen molar-refractivity contribution < 1.29 is 0 Å². The number of pyridine rings is 1. The number of nitrogens with zero attached hydrogens (tertiary/aromatic N) is 3. The van der Waals surface area contributed by atoms with Crippen LogP contribution in [0.15, 0.2) is 59.4 Å². The molecule has 5 rings (SSSR count). The van der Waals surface area contributed by atoms with E-state index in [0.717, 1.165) is 43.8 Å². The highest BCUT2D eigenvalue weighted by atomic mass is 15.3. The van der Waals surface area contributed by atoms with E-state index in [0.29, 0.717) is 12.1 Å². The lowest BCUT2D eigenvalue weighted by Gasteiger charge is -2.29. The average Bonchev–Trinajstić information content (AvgIpc) is 3.33. The maximum Gasteiger partial charge on any atom is 0.0694 e. The van der Waals surface area contributed by atoms with Crippen molar-refractivity contribution in [2.45, 2.75) is 31.3 Å². The van der Waals surface area contributed by atoms with Crippen LogP contribution in [0.1, 0.15) is 30.4 Å². The Morgan fingerprint density at radius 3 is 3.00 bits per heavy atom. The number of hydrogen-bond donors (Lipinski definition) is 1. The van der Waals surface area contributed by atoms with Crippen molar-refractivity contribution in [1.82, 2.24) is 10.3 Å². The van der Waals surface area contributed by atoms with Crippen LogP contribution >= 0.6 is 0 Å². The van der Waals surface area contributed by atoms with Crippen molar-refractivity contribution in [3.8, 4) is 0 Å². The van der Waals surface area contributed by atoms with Crippen molar-refractivity contribution >= 4 is 17.5 Å². The lowest BCUT2D eigenvalue weighted by molar-refractivity contribution is 0.580. The normalized spacial score (nSPS) is 26.4. The van der Waals surface area contributed by atoms with Crippen molar-refractivity contribution in [3.63, 3.8) is 0 Å². The van der Waals surface area contributed by atoms with Gasteiger partial charge in [-0.25, -0.2) is 0 Å². The van der Waals surface area contributed by atoms with Crippen molar-refractivity contribution in [3.05, 3.63) is 65.5 Å². The second-order valence-electron chi connectivity index (χ2n) is 7.49. The molecule has 2 bridgehead atoms. The van der Waals surface area contributed by atoms with Crippen molar-refractivity contribution in [2.24, 2.45) is 4.99 Å². The van der Waals surface area contributed by atoms with E-state index in [9.17, 15) is 0 Å². The molecule has 0 radical (unpaired) electrons. The number of benzene rings is 1. The van der Waals surface area contributed by atoms with Gasteiger partial charge >= 0.3 is 0 Å². The summed E-state index contributed by atoms with van der Waals surface area (Å²) in [4.78, 5) is 11.6. The van der Waals surface area contributed by atoms with Crippen LogP contribution in [0.4, 0.5) is 5.69 Å². The van der Waals surface area contributed by atoms with Crippen LogP contribution < -0.4 is 10.2 Å². The number of rotatable bonds is 3. The van der Waals surface area contributed by atoms with Crippen LogP contribution in [0.25, 0.3) is 6.08 Å².